The third kappa shape index (κ3) is 4.32. The highest BCUT2D eigenvalue weighted by Gasteiger charge is 2.98. The van der Waals surface area contributed by atoms with Crippen LogP contribution in [-0.2, 0) is 20.7 Å². The average molecular weight is 536 g/mol. The van der Waals surface area contributed by atoms with Gasteiger partial charge in [0.2, 0.25) is 0 Å². The average Bonchev–Trinajstić information content (AvgIpc) is 2.71. The number of hydrogen-bond acceptors (Lipinski definition) is 7. The van der Waals surface area contributed by atoms with Gasteiger partial charge in [0.15, 0.2) is 0 Å². The fraction of sp³-hybridized carbons (Fsp3) is 0.333. The van der Waals surface area contributed by atoms with Crippen LogP contribution in [0, 0.1) is 0 Å². The van der Waals surface area contributed by atoms with Crippen LogP contribution in [0.15, 0.2) is 47.4 Å². The van der Waals surface area contributed by atoms with Crippen molar-refractivity contribution in [2.45, 2.75) is 35.2 Å². The van der Waals surface area contributed by atoms with Crippen LogP contribution < -0.4 is 9.47 Å². The Morgan fingerprint density at radius 1 is 0.853 bits per heavy atom. The molecule has 0 bridgehead atoms. The molecule has 3 rings (SSSR count). The summed E-state index contributed by atoms with van der Waals surface area (Å²) in [4.78, 5) is -0.546. The highest BCUT2D eigenvalue weighted by Crippen LogP contribution is 2.67. The van der Waals surface area contributed by atoms with Crippen LogP contribution in [0.1, 0.15) is 6.92 Å². The van der Waals surface area contributed by atoms with E-state index in [4.69, 9.17) is 17.4 Å². The number of benzene rings is 2. The molecule has 0 radical (unpaired) electrons. The number of hydrogen-bond donors (Lipinski definition) is 1. The topological polar surface area (TPSA) is 124 Å². The minimum atomic E-state index is -5.40. The van der Waals surface area contributed by atoms with Gasteiger partial charge in [-0.3, -0.25) is 4.55 Å². The third-order valence-corrected chi connectivity index (χ3v) is 5.75. The molecule has 0 aromatic heterocycles. The van der Waals surface area contributed by atoms with Crippen molar-refractivity contribution in [2.75, 3.05) is 7.11 Å². The summed E-state index contributed by atoms with van der Waals surface area (Å²) in [7, 11) is -6.57. The second-order valence-corrected chi connectivity index (χ2v) is 8.72. The number of ether oxygens (including phenoxy) is 2. The first-order valence-corrected chi connectivity index (χ1v) is 11.1. The largest absolute Gasteiger partial charge is 0.495 e. The summed E-state index contributed by atoms with van der Waals surface area (Å²) >= 11 is 0. The van der Waals surface area contributed by atoms with Gasteiger partial charge in [0.1, 0.15) is 16.4 Å². The number of rotatable bonds is 5. The molecule has 0 saturated heterocycles. The van der Waals surface area contributed by atoms with Gasteiger partial charge in [0, 0.05) is 0 Å². The predicted molar refractivity (Wildman–Crippen MR) is 102 cm³/mol. The van der Waals surface area contributed by atoms with E-state index in [0.29, 0.717) is 0 Å². The van der Waals surface area contributed by atoms with Gasteiger partial charge >= 0.3 is 28.3 Å². The molecule has 1 saturated carbocycles. The van der Waals surface area contributed by atoms with E-state index < -0.39 is 54.7 Å². The molecule has 0 amide bonds. The van der Waals surface area contributed by atoms with Crippen molar-refractivity contribution in [1.29, 1.82) is 0 Å². The van der Waals surface area contributed by atoms with Gasteiger partial charge in [-0.25, -0.2) is 4.39 Å². The van der Waals surface area contributed by atoms with Crippen LogP contribution in [0.4, 0.5) is 26.3 Å². The maximum atomic E-state index is 14.4. The van der Waals surface area contributed by atoms with Crippen molar-refractivity contribution in [3.63, 3.8) is 0 Å². The lowest BCUT2D eigenvalue weighted by atomic mass is 9.69. The van der Waals surface area contributed by atoms with E-state index >= 15 is 0 Å². The quantitative estimate of drug-likeness (QED) is 0.454. The zero-order valence-electron chi connectivity index (χ0n) is 16.9. The lowest BCUT2D eigenvalue weighted by Gasteiger charge is -2.55. The summed E-state index contributed by atoms with van der Waals surface area (Å²) in [5.41, 5.74) is -3.79. The van der Waals surface area contributed by atoms with Crippen LogP contribution in [-0.4, -0.2) is 56.1 Å². The Kier molecular flexibility index (Phi) is 7.04. The molecule has 0 spiro atoms. The molecule has 1 aliphatic carbocycles. The highest BCUT2D eigenvalue weighted by molar-refractivity contribution is 7.86. The van der Waals surface area contributed by atoms with E-state index in [2.05, 4.69) is 4.74 Å². The molecule has 2 aromatic rings. The molecule has 8 nitrogen and oxygen atoms in total. The zero-order valence-corrected chi connectivity index (χ0v) is 18.6. The Morgan fingerprint density at radius 3 is 1.74 bits per heavy atom. The summed E-state index contributed by atoms with van der Waals surface area (Å²) in [5, 5.41) is 0. The van der Waals surface area contributed by atoms with Gasteiger partial charge in [-0.2, -0.15) is 30.4 Å². The number of alkyl halides is 6. The van der Waals surface area contributed by atoms with E-state index in [1.54, 1.807) is 0 Å². The molecule has 188 valence electrons. The summed E-state index contributed by atoms with van der Waals surface area (Å²) in [6.07, 6.45) is 0. The molecule has 1 aliphatic rings. The van der Waals surface area contributed by atoms with Crippen molar-refractivity contribution < 1.29 is 61.4 Å². The minimum Gasteiger partial charge on any atom is -0.495 e. The van der Waals surface area contributed by atoms with E-state index in [9.17, 15) is 39.3 Å². The van der Waals surface area contributed by atoms with Gasteiger partial charge in [-0.15, -0.1) is 12.6 Å². The Labute approximate surface area is 189 Å². The lowest BCUT2D eigenvalue weighted by molar-refractivity contribution is -0.480. The van der Waals surface area contributed by atoms with Gasteiger partial charge in [-0.05, 0) is 42.3 Å². The monoisotopic (exact) mass is 536 g/mol. The first kappa shape index (κ1) is 27.4. The van der Waals surface area contributed by atoms with Crippen LogP contribution in [0.2, 0.25) is 0 Å². The lowest BCUT2D eigenvalue weighted by Crippen LogP contribution is -2.86. The van der Waals surface area contributed by atoms with Crippen LogP contribution in [0.25, 0.3) is 11.1 Å². The van der Waals surface area contributed by atoms with E-state index in [-0.39, 0.29) is 23.8 Å². The third-order valence-electron chi connectivity index (χ3n) is 4.88. The summed E-state index contributed by atoms with van der Waals surface area (Å²) in [5.74, 6) is -16.1. The fourth-order valence-electron chi connectivity index (χ4n) is 3.03. The number of methoxy groups -OCH3 is 1. The maximum absolute atomic E-state index is 14.4. The van der Waals surface area contributed by atoms with Crippen molar-refractivity contribution >= 4 is 20.7 Å². The van der Waals surface area contributed by atoms with Crippen molar-refractivity contribution in [3.05, 3.63) is 42.5 Å². The normalized spacial score (nSPS) is 24.7. The molecule has 1 N–H and O–H groups in total. The van der Waals surface area contributed by atoms with Gasteiger partial charge in [-0.1, -0.05) is 18.2 Å². The molecular weight excluding hydrogens is 522 g/mol. The Hall–Kier alpha value is -2.85. The van der Waals surface area contributed by atoms with Crippen LogP contribution in [0.5, 0.6) is 11.5 Å². The standard InChI is InChI=1S/C18H14F6O5S.O3S/c1-15(19)16(20,21)17(22,23)18(15,24)29-12-6-3-10(4-7-12)11-5-8-13(28-2)14(9-11)30(25,26)27;1-4(2)3/h3-9H,1-2H3,(H,25,26,27);. The Morgan fingerprint density at radius 2 is 1.32 bits per heavy atom. The SMILES string of the molecule is COc1ccc(-c2ccc(OC3(F)C(C)(F)C(F)(F)C3(F)F)cc2)cc1S(=O)(=O)O.O=S(=O)=O. The molecule has 0 heterocycles. The zero-order chi connectivity index (χ0) is 26.3. The summed E-state index contributed by atoms with van der Waals surface area (Å²) < 4.78 is 149. The highest BCUT2D eigenvalue weighted by atomic mass is 32.2. The van der Waals surface area contributed by atoms with Gasteiger partial charge < -0.3 is 9.47 Å². The van der Waals surface area contributed by atoms with Crippen molar-refractivity contribution in [1.82, 2.24) is 0 Å². The van der Waals surface area contributed by atoms with Gasteiger partial charge in [0.25, 0.3) is 15.8 Å². The number of halogens is 6. The molecule has 2 unspecified atom stereocenters. The smallest absolute Gasteiger partial charge is 0.425 e. The fourth-order valence-corrected chi connectivity index (χ4v) is 3.71. The first-order chi connectivity index (χ1) is 15.3. The Balaban J connectivity index is 0.000000945. The van der Waals surface area contributed by atoms with Gasteiger partial charge in [0.05, 0.1) is 7.11 Å². The van der Waals surface area contributed by atoms with E-state index in [1.807, 2.05) is 0 Å². The molecule has 2 atom stereocenters. The van der Waals surface area contributed by atoms with E-state index in [1.165, 1.54) is 31.4 Å². The van der Waals surface area contributed by atoms with Crippen molar-refractivity contribution in [2.24, 2.45) is 0 Å². The van der Waals surface area contributed by atoms with Crippen LogP contribution in [0.3, 0.4) is 0 Å². The Bertz CT molecular complexity index is 1270. The molecule has 16 heteroatoms. The molecule has 1 fully saturated rings. The second-order valence-electron chi connectivity index (χ2n) is 6.92. The van der Waals surface area contributed by atoms with Crippen LogP contribution >= 0.6 is 0 Å². The molecule has 34 heavy (non-hydrogen) atoms. The summed E-state index contributed by atoms with van der Waals surface area (Å²) in [6, 6.07) is 7.86. The van der Waals surface area contributed by atoms with Crippen molar-refractivity contribution in [3.8, 4) is 22.6 Å². The minimum absolute atomic E-state index is 0.0208. The summed E-state index contributed by atoms with van der Waals surface area (Å²) in [6.45, 7) is -0.0208. The molecule has 0 aliphatic heterocycles. The second kappa shape index (κ2) is 8.74. The first-order valence-electron chi connectivity index (χ1n) is 8.68. The maximum Gasteiger partial charge on any atom is 0.425 e. The predicted octanol–water partition coefficient (Wildman–Crippen LogP) is 3.66. The molecule has 2 aromatic carbocycles. The molecular formula is C18H14F6O8S2. The van der Waals surface area contributed by atoms with E-state index in [0.717, 1.165) is 18.2 Å².